The van der Waals surface area contributed by atoms with Gasteiger partial charge in [-0.15, -0.1) is 0 Å². The molecule has 3 aromatic rings. The molecule has 7 nitrogen and oxygen atoms in total. The highest BCUT2D eigenvalue weighted by Gasteiger charge is 2.32. The Balaban J connectivity index is 1.55. The van der Waals surface area contributed by atoms with Crippen LogP contribution in [0.3, 0.4) is 0 Å². The highest BCUT2D eigenvalue weighted by Crippen LogP contribution is 2.43. The average molecular weight is 474 g/mol. The second kappa shape index (κ2) is 8.50. The van der Waals surface area contributed by atoms with Crippen molar-refractivity contribution in [3.63, 3.8) is 0 Å². The molecule has 10 heteroatoms. The number of nitrogens with zero attached hydrogens (tertiary/aromatic N) is 2. The largest absolute Gasteiger partial charge is 0.491 e. The number of hydrogen-bond donors (Lipinski definition) is 2. The van der Waals surface area contributed by atoms with Gasteiger partial charge in [0.1, 0.15) is 29.0 Å². The van der Waals surface area contributed by atoms with Crippen LogP contribution in [0.1, 0.15) is 41.9 Å². The predicted molar refractivity (Wildman–Crippen MR) is 121 cm³/mol. The number of aromatic nitrogens is 2. The van der Waals surface area contributed by atoms with Crippen molar-refractivity contribution in [2.75, 3.05) is 30.9 Å². The number of halogens is 3. The fourth-order valence-electron chi connectivity index (χ4n) is 4.39. The van der Waals surface area contributed by atoms with Crippen molar-refractivity contribution in [3.8, 4) is 11.5 Å². The monoisotopic (exact) mass is 474 g/mol. The quantitative estimate of drug-likeness (QED) is 0.513. The van der Waals surface area contributed by atoms with Crippen LogP contribution >= 0.6 is 0 Å². The van der Waals surface area contributed by atoms with Crippen LogP contribution in [-0.4, -0.2) is 35.9 Å². The zero-order chi connectivity index (χ0) is 24.0. The third kappa shape index (κ3) is 4.29. The first-order chi connectivity index (χ1) is 16.2. The molecule has 0 bridgehead atoms. The molecule has 2 aliphatic heterocycles. The summed E-state index contributed by atoms with van der Waals surface area (Å²) in [7, 11) is 0. The van der Waals surface area contributed by atoms with Crippen molar-refractivity contribution in [1.82, 2.24) is 9.97 Å². The first-order valence-corrected chi connectivity index (χ1v) is 11.1. The van der Waals surface area contributed by atoms with Gasteiger partial charge in [-0.2, -0.15) is 13.2 Å². The van der Waals surface area contributed by atoms with Gasteiger partial charge in [0, 0.05) is 24.1 Å². The molecular formula is C24H25F3N4O3. The minimum atomic E-state index is -4.49. The van der Waals surface area contributed by atoms with Crippen LogP contribution in [0, 0.1) is 6.92 Å². The average Bonchev–Trinajstić information content (AvgIpc) is 3.45. The first kappa shape index (κ1) is 22.5. The van der Waals surface area contributed by atoms with E-state index in [1.54, 1.807) is 13.8 Å². The molecule has 3 heterocycles. The summed E-state index contributed by atoms with van der Waals surface area (Å²) in [6.07, 6.45) is -3.02. The summed E-state index contributed by atoms with van der Waals surface area (Å²) in [5, 5.41) is 3.92. The zero-order valence-corrected chi connectivity index (χ0v) is 18.8. The van der Waals surface area contributed by atoms with Gasteiger partial charge in [0.15, 0.2) is 5.75 Å². The molecule has 1 saturated heterocycles. The second-order valence-electron chi connectivity index (χ2n) is 8.65. The van der Waals surface area contributed by atoms with Gasteiger partial charge < -0.3 is 25.3 Å². The number of hydrogen-bond acceptors (Lipinski definition) is 7. The van der Waals surface area contributed by atoms with E-state index in [-0.39, 0.29) is 11.8 Å². The lowest BCUT2D eigenvalue weighted by atomic mass is 10.0. The van der Waals surface area contributed by atoms with Crippen LogP contribution < -0.4 is 20.5 Å². The van der Waals surface area contributed by atoms with E-state index < -0.39 is 17.8 Å². The number of rotatable bonds is 5. The summed E-state index contributed by atoms with van der Waals surface area (Å²) >= 11 is 0. The van der Waals surface area contributed by atoms with Gasteiger partial charge >= 0.3 is 6.18 Å². The fourth-order valence-corrected chi connectivity index (χ4v) is 4.39. The second-order valence-corrected chi connectivity index (χ2v) is 8.65. The fraction of sp³-hybridized carbons (Fsp3) is 0.417. The lowest BCUT2D eigenvalue weighted by Gasteiger charge is -2.20. The predicted octanol–water partition coefficient (Wildman–Crippen LogP) is 4.81. The number of anilines is 2. The lowest BCUT2D eigenvalue weighted by Crippen LogP contribution is -2.17. The van der Waals surface area contributed by atoms with E-state index in [0.29, 0.717) is 65.8 Å². The Labute approximate surface area is 194 Å². The first-order valence-electron chi connectivity index (χ1n) is 11.1. The van der Waals surface area contributed by atoms with E-state index in [1.165, 1.54) is 6.07 Å². The summed E-state index contributed by atoms with van der Waals surface area (Å²) in [6.45, 7) is 5.23. The molecule has 0 spiro atoms. The number of nitrogens with one attached hydrogen (secondary N) is 1. The molecule has 34 heavy (non-hydrogen) atoms. The number of fused-ring (bicyclic) bond motifs is 3. The smallest absolute Gasteiger partial charge is 0.416 e. The molecule has 0 saturated carbocycles. The van der Waals surface area contributed by atoms with E-state index in [4.69, 9.17) is 19.9 Å². The maximum Gasteiger partial charge on any atom is 0.416 e. The van der Waals surface area contributed by atoms with E-state index in [2.05, 4.69) is 15.3 Å². The van der Waals surface area contributed by atoms with Crippen molar-refractivity contribution in [2.45, 2.75) is 45.0 Å². The van der Waals surface area contributed by atoms with E-state index in [9.17, 15) is 13.2 Å². The van der Waals surface area contributed by atoms with Crippen molar-refractivity contribution in [3.05, 3.63) is 46.8 Å². The number of aryl methyl sites for hydroxylation is 1. The Hall–Kier alpha value is -3.27. The summed E-state index contributed by atoms with van der Waals surface area (Å²) < 4.78 is 57.5. The molecule has 1 fully saturated rings. The van der Waals surface area contributed by atoms with Gasteiger partial charge in [-0.05, 0) is 43.7 Å². The number of ether oxygens (including phenoxy) is 3. The molecule has 2 atom stereocenters. The standard InChI is InChI=1S/C24H25F3N4O3/c1-12(14-7-15(24(25,26)27)9-16(28)8-14)29-23-19-10-20(34-17-3-5-32-11-17)18-4-6-33-22(18)21(19)30-13(2)31-23/h7-10,12,17H,3-6,11,28H2,1-2H3,(H,29,30,31)/t12-,17?/m1/s1. The number of alkyl halides is 3. The highest BCUT2D eigenvalue weighted by molar-refractivity contribution is 5.96. The Morgan fingerprint density at radius 1 is 1.18 bits per heavy atom. The molecule has 2 aliphatic rings. The van der Waals surface area contributed by atoms with E-state index in [0.717, 1.165) is 24.1 Å². The Morgan fingerprint density at radius 3 is 2.74 bits per heavy atom. The Bertz CT molecular complexity index is 1240. The molecule has 0 aliphatic carbocycles. The van der Waals surface area contributed by atoms with Gasteiger partial charge in [0.2, 0.25) is 0 Å². The maximum atomic E-state index is 13.3. The van der Waals surface area contributed by atoms with Gasteiger partial charge in [-0.25, -0.2) is 9.97 Å². The van der Waals surface area contributed by atoms with Crippen molar-refractivity contribution in [1.29, 1.82) is 0 Å². The van der Waals surface area contributed by atoms with E-state index in [1.807, 2.05) is 6.07 Å². The van der Waals surface area contributed by atoms with Crippen molar-refractivity contribution >= 4 is 22.4 Å². The minimum Gasteiger partial charge on any atom is -0.491 e. The number of nitrogen functional groups attached to an aromatic ring is 1. The van der Waals surface area contributed by atoms with Crippen LogP contribution in [0.15, 0.2) is 24.3 Å². The van der Waals surface area contributed by atoms with Gasteiger partial charge in [0.05, 0.1) is 36.8 Å². The summed E-state index contributed by atoms with van der Waals surface area (Å²) in [5.41, 5.74) is 7.02. The van der Waals surface area contributed by atoms with Crippen molar-refractivity contribution in [2.24, 2.45) is 0 Å². The molecule has 1 unspecified atom stereocenters. The Morgan fingerprint density at radius 2 is 2.00 bits per heavy atom. The number of nitrogens with two attached hydrogens (primary N) is 1. The van der Waals surface area contributed by atoms with Crippen LogP contribution in [0.4, 0.5) is 24.7 Å². The van der Waals surface area contributed by atoms with Gasteiger partial charge in [-0.3, -0.25) is 0 Å². The third-order valence-corrected chi connectivity index (χ3v) is 6.06. The van der Waals surface area contributed by atoms with Gasteiger partial charge in [-0.1, -0.05) is 0 Å². The van der Waals surface area contributed by atoms with Crippen LogP contribution in [0.5, 0.6) is 11.5 Å². The summed E-state index contributed by atoms with van der Waals surface area (Å²) in [6, 6.07) is 4.93. The van der Waals surface area contributed by atoms with Crippen molar-refractivity contribution < 1.29 is 27.4 Å². The minimum absolute atomic E-state index is 0.0443. The maximum absolute atomic E-state index is 13.3. The topological polar surface area (TPSA) is 91.5 Å². The lowest BCUT2D eigenvalue weighted by molar-refractivity contribution is -0.137. The molecule has 0 radical (unpaired) electrons. The third-order valence-electron chi connectivity index (χ3n) is 6.06. The molecule has 180 valence electrons. The zero-order valence-electron chi connectivity index (χ0n) is 18.8. The normalized spacial score (nSPS) is 18.6. The van der Waals surface area contributed by atoms with Crippen LogP contribution in [0.2, 0.25) is 0 Å². The molecule has 3 N–H and O–H groups in total. The van der Waals surface area contributed by atoms with Crippen LogP contribution in [-0.2, 0) is 17.3 Å². The molecule has 1 aromatic heterocycles. The summed E-state index contributed by atoms with van der Waals surface area (Å²) in [4.78, 5) is 9.14. The van der Waals surface area contributed by atoms with E-state index >= 15 is 0 Å². The summed E-state index contributed by atoms with van der Waals surface area (Å²) in [5.74, 6) is 2.36. The SMILES string of the molecule is Cc1nc(N[C@H](C)c2cc(N)cc(C(F)(F)F)c2)c2cc(OC3CCOC3)c3c(c2n1)OCC3. The Kier molecular flexibility index (Phi) is 5.63. The van der Waals surface area contributed by atoms with Gasteiger partial charge in [0.25, 0.3) is 0 Å². The van der Waals surface area contributed by atoms with Crippen LogP contribution in [0.25, 0.3) is 10.9 Å². The highest BCUT2D eigenvalue weighted by atomic mass is 19.4. The molecule has 2 aromatic carbocycles. The number of benzene rings is 2. The molecule has 0 amide bonds. The molecule has 5 rings (SSSR count). The molecular weight excluding hydrogens is 449 g/mol.